The van der Waals surface area contributed by atoms with Gasteiger partial charge in [-0.05, 0) is 27.1 Å². The summed E-state index contributed by atoms with van der Waals surface area (Å²) in [5, 5.41) is 0. The zero-order chi connectivity index (χ0) is 20.1. The van der Waals surface area contributed by atoms with Gasteiger partial charge in [-0.3, -0.25) is 0 Å². The summed E-state index contributed by atoms with van der Waals surface area (Å²) in [6, 6.07) is 0. The van der Waals surface area contributed by atoms with E-state index in [9.17, 15) is 0 Å². The molecular weight excluding hydrogens is 354 g/mol. The number of hydrogen-bond donors (Lipinski definition) is 1. The Bertz CT molecular complexity index is 255. The lowest BCUT2D eigenvalue weighted by Crippen LogP contribution is -2.58. The van der Waals surface area contributed by atoms with Crippen molar-refractivity contribution in [2.24, 2.45) is 0 Å². The molecule has 1 N–H and O–H groups in total. The highest BCUT2D eigenvalue weighted by atomic mass is 35.7. The van der Waals surface area contributed by atoms with Crippen LogP contribution in [0.1, 0.15) is 110 Å². The van der Waals surface area contributed by atoms with Crippen LogP contribution in [0.5, 0.6) is 0 Å². The lowest BCUT2D eigenvalue weighted by Gasteiger charge is -2.08. The van der Waals surface area contributed by atoms with E-state index in [1.54, 1.807) is 0 Å². The molecule has 160 valence electrons. The third kappa shape index (κ3) is 39.2. The van der Waals surface area contributed by atoms with Crippen molar-refractivity contribution < 1.29 is 28.9 Å². The first-order valence-electron chi connectivity index (χ1n) is 10.5. The fourth-order valence-electron chi connectivity index (χ4n) is 2.98. The van der Waals surface area contributed by atoms with Crippen molar-refractivity contribution in [2.75, 3.05) is 20.6 Å². The van der Waals surface area contributed by atoms with Crippen LogP contribution in [0, 0.1) is 10.2 Å². The van der Waals surface area contributed by atoms with Gasteiger partial charge in [0.25, 0.3) is 0 Å². The van der Waals surface area contributed by atoms with E-state index < -0.39 is 10.2 Å². The summed E-state index contributed by atoms with van der Waals surface area (Å²) in [7, 11) is -0.351. The van der Waals surface area contributed by atoms with Gasteiger partial charge < -0.3 is 4.90 Å². The number of hydrogen-bond acceptors (Lipinski definition) is 5. The first-order chi connectivity index (χ1) is 12.3. The minimum absolute atomic E-state index is 1.26. The molecule has 6 heteroatoms. The zero-order valence-corrected chi connectivity index (χ0v) is 18.3. The van der Waals surface area contributed by atoms with Gasteiger partial charge in [-0.15, -0.1) is 0 Å². The maximum Gasteiger partial charge on any atom is 0.0777 e. The third-order valence-electron chi connectivity index (χ3n) is 4.46. The molecule has 0 spiro atoms. The van der Waals surface area contributed by atoms with E-state index in [0.29, 0.717) is 0 Å². The molecule has 0 unspecified atom stereocenters. The highest BCUT2D eigenvalue weighted by molar-refractivity contribution is 4.50. The highest BCUT2D eigenvalue weighted by Crippen LogP contribution is 2.13. The average molecular weight is 398 g/mol. The predicted octanol–water partition coefficient (Wildman–Crippen LogP) is 2.69. The van der Waals surface area contributed by atoms with Crippen molar-refractivity contribution in [3.63, 3.8) is 0 Å². The van der Waals surface area contributed by atoms with Gasteiger partial charge in [-0.2, -0.15) is 14.0 Å². The van der Waals surface area contributed by atoms with Crippen LogP contribution in [0.2, 0.25) is 0 Å². The molecule has 0 aliphatic rings. The van der Waals surface area contributed by atoms with Gasteiger partial charge in [0.1, 0.15) is 0 Å². The van der Waals surface area contributed by atoms with E-state index in [1.807, 2.05) is 0 Å². The maximum atomic E-state index is 8.60. The fourth-order valence-corrected chi connectivity index (χ4v) is 2.98. The van der Waals surface area contributed by atoms with Gasteiger partial charge in [0.2, 0.25) is 0 Å². The topological polar surface area (TPSA) is 92.7 Å². The van der Waals surface area contributed by atoms with Gasteiger partial charge in [0, 0.05) is 0 Å². The Hall–Kier alpha value is 0.0900. The number of unbranched alkanes of at least 4 members (excludes halogenated alkanes) is 15. The second-order valence-corrected chi connectivity index (χ2v) is 8.29. The van der Waals surface area contributed by atoms with Gasteiger partial charge in [0.05, 0.1) is 14.9 Å². The van der Waals surface area contributed by atoms with E-state index in [4.69, 9.17) is 18.6 Å². The SMILES string of the molecule is CCCCCCCCCCCCCCCCCCN(C)C.[O-][Cl+3]([O-])([O-])O. The van der Waals surface area contributed by atoms with E-state index in [-0.39, 0.29) is 0 Å². The molecule has 0 fully saturated rings. The molecule has 0 aromatic rings. The quantitative estimate of drug-likeness (QED) is 0.381. The molecule has 0 saturated carbocycles. The van der Waals surface area contributed by atoms with Crippen LogP contribution >= 0.6 is 0 Å². The number of halogens is 1. The van der Waals surface area contributed by atoms with E-state index >= 15 is 0 Å². The Balaban J connectivity index is 0. The Morgan fingerprint density at radius 1 is 0.577 bits per heavy atom. The van der Waals surface area contributed by atoms with Crippen molar-refractivity contribution >= 4 is 0 Å². The van der Waals surface area contributed by atoms with Crippen LogP contribution < -0.4 is 14.0 Å². The van der Waals surface area contributed by atoms with Crippen LogP contribution in [-0.4, -0.2) is 30.2 Å². The lowest BCUT2D eigenvalue weighted by molar-refractivity contribution is -1.92. The van der Waals surface area contributed by atoms with Crippen LogP contribution in [0.3, 0.4) is 0 Å². The molecule has 26 heavy (non-hydrogen) atoms. The van der Waals surface area contributed by atoms with E-state index in [0.717, 1.165) is 0 Å². The first-order valence-corrected chi connectivity index (χ1v) is 11.8. The summed E-state index contributed by atoms with van der Waals surface area (Å²) in [5.41, 5.74) is 0. The van der Waals surface area contributed by atoms with Crippen molar-refractivity contribution in [1.29, 1.82) is 0 Å². The summed E-state index contributed by atoms with van der Waals surface area (Å²) in [4.78, 5) is 2.30. The third-order valence-corrected chi connectivity index (χ3v) is 4.46. The molecule has 0 radical (unpaired) electrons. The summed E-state index contributed by atoms with van der Waals surface area (Å²) in [6.45, 7) is 3.56. The second-order valence-electron chi connectivity index (χ2n) is 7.50. The van der Waals surface area contributed by atoms with Crippen molar-refractivity contribution in [2.45, 2.75) is 110 Å². The minimum atomic E-state index is -4.69. The predicted molar refractivity (Wildman–Crippen MR) is 100 cm³/mol. The molecule has 0 aromatic heterocycles. The molecule has 0 saturated heterocycles. The van der Waals surface area contributed by atoms with Crippen molar-refractivity contribution in [1.82, 2.24) is 4.90 Å². The molecule has 5 nitrogen and oxygen atoms in total. The van der Waals surface area contributed by atoms with Gasteiger partial charge in [-0.1, -0.05) is 103 Å². The van der Waals surface area contributed by atoms with Crippen LogP contribution in [0.4, 0.5) is 0 Å². The smallest absolute Gasteiger partial charge is 0.0777 e. The van der Waals surface area contributed by atoms with E-state index in [1.165, 1.54) is 109 Å². The first kappa shape index (κ1) is 28.3. The monoisotopic (exact) mass is 397 g/mol. The van der Waals surface area contributed by atoms with Gasteiger partial charge >= 0.3 is 0 Å². The zero-order valence-electron chi connectivity index (χ0n) is 17.5. The molecule has 0 aliphatic carbocycles. The van der Waals surface area contributed by atoms with Gasteiger partial charge in [-0.25, -0.2) is 0 Å². The van der Waals surface area contributed by atoms with Gasteiger partial charge in [0.15, 0.2) is 0 Å². The summed E-state index contributed by atoms with van der Waals surface area (Å²) < 4.78 is 32.7. The van der Waals surface area contributed by atoms with Crippen molar-refractivity contribution in [3.05, 3.63) is 0 Å². The molecule has 0 bridgehead atoms. The van der Waals surface area contributed by atoms with Crippen LogP contribution in [0.15, 0.2) is 0 Å². The molecule has 0 atom stereocenters. The maximum absolute atomic E-state index is 8.60. The number of nitrogens with zero attached hydrogens (tertiary/aromatic N) is 1. The number of rotatable bonds is 17. The largest absolute Gasteiger partial charge is 0.309 e. The Labute approximate surface area is 164 Å². The summed E-state index contributed by atoms with van der Waals surface area (Å²) in [6.07, 6.45) is 23.3. The van der Waals surface area contributed by atoms with Crippen molar-refractivity contribution in [3.8, 4) is 0 Å². The van der Waals surface area contributed by atoms with E-state index in [2.05, 4.69) is 25.9 Å². The van der Waals surface area contributed by atoms with Crippen LogP contribution in [-0.2, 0) is 0 Å². The Morgan fingerprint density at radius 3 is 1.04 bits per heavy atom. The molecule has 0 aromatic carbocycles. The summed E-state index contributed by atoms with van der Waals surface area (Å²) in [5.74, 6) is 0. The molecule has 0 rings (SSSR count). The molecular formula is C20H44ClNO4. The molecule has 0 amide bonds. The normalized spacial score (nSPS) is 11.5. The molecule has 0 aliphatic heterocycles. The Kier molecular flexibility index (Phi) is 23.3. The average Bonchev–Trinajstić information content (AvgIpc) is 2.52. The molecule has 0 heterocycles. The van der Waals surface area contributed by atoms with Crippen LogP contribution in [0.25, 0.3) is 0 Å². The fraction of sp³-hybridized carbons (Fsp3) is 1.00. The second kappa shape index (κ2) is 21.4. The lowest BCUT2D eigenvalue weighted by atomic mass is 10.0. The Morgan fingerprint density at radius 2 is 0.808 bits per heavy atom. The highest BCUT2D eigenvalue weighted by Gasteiger charge is 1.99. The minimum Gasteiger partial charge on any atom is -0.309 e. The summed E-state index contributed by atoms with van der Waals surface area (Å²) >= 11 is 0. The standard InChI is InChI=1S/C20H43N.ClHO4/c1-4-5-6-7-8-9-10-11-12-13-14-15-16-17-18-19-20-21(2)3;2-1(3,4)5/h4-20H2,1-3H3;(H,2,3,4,5).